The molecule has 0 N–H and O–H groups in total. The molecule has 0 heterocycles. The van der Waals surface area contributed by atoms with Gasteiger partial charge in [0.05, 0.1) is 15.9 Å². The Morgan fingerprint density at radius 1 is 1.06 bits per heavy atom. The Kier molecular flexibility index (Phi) is 3.55. The molecule has 0 saturated carbocycles. The highest BCUT2D eigenvalue weighted by Crippen LogP contribution is 2.29. The third kappa shape index (κ3) is 2.16. The summed E-state index contributed by atoms with van der Waals surface area (Å²) in [6.45, 7) is 3.62. The standard InChI is InChI=1S/C10H12N2O4/c1-3-7-5-8(11(13)14)6-10(12(15)16)9(7)4-2/h5-6H,3-4H2,1-2H3. The molecule has 0 aliphatic heterocycles. The van der Waals surface area contributed by atoms with Gasteiger partial charge in [-0.05, 0) is 18.4 Å². The number of aryl methyl sites for hydroxylation is 1. The van der Waals surface area contributed by atoms with Gasteiger partial charge in [0.25, 0.3) is 11.4 Å². The summed E-state index contributed by atoms with van der Waals surface area (Å²) in [5.74, 6) is 0. The van der Waals surface area contributed by atoms with Crippen LogP contribution in [0.3, 0.4) is 0 Å². The maximum Gasteiger partial charge on any atom is 0.279 e. The lowest BCUT2D eigenvalue weighted by Crippen LogP contribution is -2.01. The number of hydrogen-bond acceptors (Lipinski definition) is 4. The van der Waals surface area contributed by atoms with E-state index in [0.29, 0.717) is 24.0 Å². The van der Waals surface area contributed by atoms with Gasteiger partial charge in [0, 0.05) is 11.6 Å². The van der Waals surface area contributed by atoms with Crippen LogP contribution in [0.25, 0.3) is 0 Å². The lowest BCUT2D eigenvalue weighted by molar-refractivity contribution is -0.394. The van der Waals surface area contributed by atoms with Crippen molar-refractivity contribution in [2.24, 2.45) is 0 Å². The van der Waals surface area contributed by atoms with E-state index in [1.165, 1.54) is 6.07 Å². The van der Waals surface area contributed by atoms with Crippen LogP contribution in [0.2, 0.25) is 0 Å². The average molecular weight is 224 g/mol. The van der Waals surface area contributed by atoms with E-state index in [9.17, 15) is 20.2 Å². The fraction of sp³-hybridized carbons (Fsp3) is 0.400. The van der Waals surface area contributed by atoms with Crippen molar-refractivity contribution in [3.8, 4) is 0 Å². The molecule has 6 heteroatoms. The minimum absolute atomic E-state index is 0.159. The van der Waals surface area contributed by atoms with Crippen molar-refractivity contribution in [1.82, 2.24) is 0 Å². The van der Waals surface area contributed by atoms with Crippen LogP contribution in [-0.2, 0) is 12.8 Å². The molecule has 0 amide bonds. The minimum Gasteiger partial charge on any atom is -0.258 e. The quantitative estimate of drug-likeness (QED) is 0.581. The third-order valence-corrected chi connectivity index (χ3v) is 2.45. The number of nitrogens with zero attached hydrogens (tertiary/aromatic N) is 2. The topological polar surface area (TPSA) is 86.3 Å². The van der Waals surface area contributed by atoms with Gasteiger partial charge in [-0.3, -0.25) is 20.2 Å². The largest absolute Gasteiger partial charge is 0.279 e. The van der Waals surface area contributed by atoms with E-state index >= 15 is 0 Å². The van der Waals surface area contributed by atoms with Gasteiger partial charge in [-0.1, -0.05) is 13.8 Å². The maximum atomic E-state index is 10.8. The first-order chi connectivity index (χ1) is 7.51. The Hall–Kier alpha value is -1.98. The van der Waals surface area contributed by atoms with Crippen LogP contribution in [0.1, 0.15) is 25.0 Å². The molecule has 1 rings (SSSR count). The molecule has 0 unspecified atom stereocenters. The molecule has 1 aromatic carbocycles. The molecule has 0 spiro atoms. The first-order valence-electron chi connectivity index (χ1n) is 4.95. The summed E-state index contributed by atoms with van der Waals surface area (Å²) in [6, 6.07) is 2.43. The molecule has 0 aliphatic rings. The SMILES string of the molecule is CCc1cc([N+](=O)[O-])cc([N+](=O)[O-])c1CC. The molecule has 0 aliphatic carbocycles. The van der Waals surface area contributed by atoms with E-state index in [-0.39, 0.29) is 11.4 Å². The molecular formula is C10H12N2O4. The summed E-state index contributed by atoms with van der Waals surface area (Å²) in [5, 5.41) is 21.4. The van der Waals surface area contributed by atoms with E-state index in [0.717, 1.165) is 6.07 Å². The van der Waals surface area contributed by atoms with Gasteiger partial charge in [0.15, 0.2) is 0 Å². The molecule has 0 saturated heterocycles. The summed E-state index contributed by atoms with van der Waals surface area (Å²) in [6.07, 6.45) is 1.04. The van der Waals surface area contributed by atoms with Crippen LogP contribution in [0.4, 0.5) is 11.4 Å². The van der Waals surface area contributed by atoms with Crippen LogP contribution < -0.4 is 0 Å². The molecule has 0 bridgehead atoms. The smallest absolute Gasteiger partial charge is 0.258 e. The van der Waals surface area contributed by atoms with Gasteiger partial charge in [-0.2, -0.15) is 0 Å². The number of nitro groups is 2. The summed E-state index contributed by atoms with van der Waals surface area (Å²) >= 11 is 0. The van der Waals surface area contributed by atoms with Crippen LogP contribution in [0, 0.1) is 20.2 Å². The molecule has 0 atom stereocenters. The Balaban J connectivity index is 3.49. The fourth-order valence-corrected chi connectivity index (χ4v) is 1.69. The lowest BCUT2D eigenvalue weighted by atomic mass is 10.00. The average Bonchev–Trinajstić information content (AvgIpc) is 2.26. The van der Waals surface area contributed by atoms with Crippen molar-refractivity contribution in [2.75, 3.05) is 0 Å². The molecule has 86 valence electrons. The fourth-order valence-electron chi connectivity index (χ4n) is 1.69. The monoisotopic (exact) mass is 224 g/mol. The van der Waals surface area contributed by atoms with E-state index in [1.807, 2.05) is 6.92 Å². The van der Waals surface area contributed by atoms with Crippen LogP contribution in [0.5, 0.6) is 0 Å². The molecule has 0 aromatic heterocycles. The first kappa shape index (κ1) is 12.1. The molecule has 16 heavy (non-hydrogen) atoms. The minimum atomic E-state index is -0.606. The Morgan fingerprint density at radius 2 is 1.69 bits per heavy atom. The normalized spacial score (nSPS) is 10.1. The summed E-state index contributed by atoms with van der Waals surface area (Å²) in [4.78, 5) is 20.3. The van der Waals surface area contributed by atoms with Crippen molar-refractivity contribution in [1.29, 1.82) is 0 Å². The highest BCUT2D eigenvalue weighted by Gasteiger charge is 2.21. The van der Waals surface area contributed by atoms with Crippen molar-refractivity contribution in [2.45, 2.75) is 26.7 Å². The highest BCUT2D eigenvalue weighted by molar-refractivity contribution is 5.53. The Morgan fingerprint density at radius 3 is 2.06 bits per heavy atom. The number of non-ortho nitro benzene ring substituents is 1. The van der Waals surface area contributed by atoms with Gasteiger partial charge in [0.1, 0.15) is 0 Å². The molecular weight excluding hydrogens is 212 g/mol. The van der Waals surface area contributed by atoms with Crippen molar-refractivity contribution < 1.29 is 9.85 Å². The van der Waals surface area contributed by atoms with E-state index in [1.54, 1.807) is 6.92 Å². The third-order valence-electron chi connectivity index (χ3n) is 2.45. The number of benzene rings is 1. The Bertz CT molecular complexity index is 443. The number of hydrogen-bond donors (Lipinski definition) is 0. The van der Waals surface area contributed by atoms with Gasteiger partial charge in [-0.25, -0.2) is 0 Å². The van der Waals surface area contributed by atoms with Gasteiger partial charge < -0.3 is 0 Å². The second-order valence-electron chi connectivity index (χ2n) is 3.32. The molecule has 1 aromatic rings. The molecule has 0 radical (unpaired) electrons. The Labute approximate surface area is 92.2 Å². The maximum absolute atomic E-state index is 10.8. The van der Waals surface area contributed by atoms with E-state index in [2.05, 4.69) is 0 Å². The first-order valence-corrected chi connectivity index (χ1v) is 4.95. The highest BCUT2D eigenvalue weighted by atomic mass is 16.6. The number of nitro benzene ring substituents is 2. The lowest BCUT2D eigenvalue weighted by Gasteiger charge is -2.06. The van der Waals surface area contributed by atoms with Crippen molar-refractivity contribution in [3.63, 3.8) is 0 Å². The van der Waals surface area contributed by atoms with Gasteiger partial charge in [-0.15, -0.1) is 0 Å². The van der Waals surface area contributed by atoms with Crippen LogP contribution >= 0.6 is 0 Å². The van der Waals surface area contributed by atoms with Crippen molar-refractivity contribution in [3.05, 3.63) is 43.5 Å². The van der Waals surface area contributed by atoms with E-state index in [4.69, 9.17) is 0 Å². The van der Waals surface area contributed by atoms with Crippen molar-refractivity contribution >= 4 is 11.4 Å². The zero-order valence-electron chi connectivity index (χ0n) is 9.10. The second kappa shape index (κ2) is 4.69. The van der Waals surface area contributed by atoms with Crippen LogP contribution in [-0.4, -0.2) is 9.85 Å². The molecule has 6 nitrogen and oxygen atoms in total. The summed E-state index contributed by atoms with van der Waals surface area (Å²) in [7, 11) is 0. The second-order valence-corrected chi connectivity index (χ2v) is 3.32. The predicted octanol–water partition coefficient (Wildman–Crippen LogP) is 2.63. The van der Waals surface area contributed by atoms with E-state index < -0.39 is 9.85 Å². The zero-order chi connectivity index (χ0) is 12.3. The summed E-state index contributed by atoms with van der Waals surface area (Å²) < 4.78 is 0. The molecule has 0 fully saturated rings. The van der Waals surface area contributed by atoms with Crippen LogP contribution in [0.15, 0.2) is 12.1 Å². The van der Waals surface area contributed by atoms with Gasteiger partial charge in [0.2, 0.25) is 0 Å². The summed E-state index contributed by atoms with van der Waals surface area (Å²) in [5.41, 5.74) is 0.871. The predicted molar refractivity (Wildman–Crippen MR) is 58.5 cm³/mol. The van der Waals surface area contributed by atoms with Gasteiger partial charge >= 0.3 is 0 Å². The number of rotatable bonds is 4. The zero-order valence-corrected chi connectivity index (χ0v) is 9.10.